The van der Waals surface area contributed by atoms with Crippen LogP contribution in [0.1, 0.15) is 15.9 Å². The molecule has 0 aliphatic heterocycles. The fourth-order valence-electron chi connectivity index (χ4n) is 2.73. The Morgan fingerprint density at radius 2 is 1.85 bits per heavy atom. The molecular weight excluding hydrogens is 368 g/mol. The monoisotopic (exact) mass is 381 g/mol. The molecule has 7 heteroatoms. The number of nitrogens with one attached hydrogen (secondary N) is 1. The lowest BCUT2D eigenvalue weighted by molar-refractivity contribution is 0.101. The zero-order valence-electron chi connectivity index (χ0n) is 14.2. The zero-order valence-corrected chi connectivity index (χ0v) is 15.0. The number of fused-ring (bicyclic) bond motifs is 1. The van der Waals surface area contributed by atoms with Crippen LogP contribution in [0.25, 0.3) is 20.9 Å². The fourth-order valence-corrected chi connectivity index (χ4v) is 3.63. The summed E-state index contributed by atoms with van der Waals surface area (Å²) < 4.78 is 27.6. The van der Waals surface area contributed by atoms with Crippen LogP contribution in [0.2, 0.25) is 0 Å². The van der Waals surface area contributed by atoms with E-state index >= 15 is 0 Å². The van der Waals surface area contributed by atoms with Gasteiger partial charge in [0.05, 0.1) is 0 Å². The van der Waals surface area contributed by atoms with Crippen molar-refractivity contribution in [3.63, 3.8) is 0 Å². The van der Waals surface area contributed by atoms with E-state index in [9.17, 15) is 13.6 Å². The van der Waals surface area contributed by atoms with E-state index in [1.165, 1.54) is 17.4 Å². The minimum Gasteiger partial charge on any atom is -0.322 e. The largest absolute Gasteiger partial charge is 0.322 e. The molecule has 1 amide bonds. The van der Waals surface area contributed by atoms with Crippen molar-refractivity contribution in [3.05, 3.63) is 77.5 Å². The summed E-state index contributed by atoms with van der Waals surface area (Å²) in [7, 11) is 0. The third-order valence-electron chi connectivity index (χ3n) is 4.08. The maximum Gasteiger partial charge on any atom is 0.261 e. The lowest BCUT2D eigenvalue weighted by Crippen LogP contribution is -2.16. The summed E-state index contributed by atoms with van der Waals surface area (Å²) in [5.41, 5.74) is 2.34. The van der Waals surface area contributed by atoms with Gasteiger partial charge in [-0.3, -0.25) is 4.79 Å². The highest BCUT2D eigenvalue weighted by Gasteiger charge is 2.18. The molecule has 4 aromatic rings. The first-order valence-electron chi connectivity index (χ1n) is 8.11. The van der Waals surface area contributed by atoms with Crippen molar-refractivity contribution in [2.45, 2.75) is 6.92 Å². The molecule has 4 rings (SSSR count). The number of hydrogen-bond donors (Lipinski definition) is 1. The molecular formula is C20H13F2N3OS. The topological polar surface area (TPSA) is 54.9 Å². The highest BCUT2D eigenvalue weighted by atomic mass is 32.1. The van der Waals surface area contributed by atoms with Crippen molar-refractivity contribution in [2.75, 3.05) is 5.32 Å². The van der Waals surface area contributed by atoms with Crippen LogP contribution in [0.15, 0.2) is 54.7 Å². The number of hydrogen-bond acceptors (Lipinski definition) is 4. The standard InChI is InChI=1S/C20H13F2N3OS/c1-11-10-12(19-25-16-6-3-9-23-20(16)27-19)7-8-15(11)24-18(26)17-13(21)4-2-5-14(17)22/h2-10H,1H3,(H,24,26). The van der Waals surface area contributed by atoms with Crippen LogP contribution in [-0.2, 0) is 0 Å². The third-order valence-corrected chi connectivity index (χ3v) is 5.11. The molecule has 0 bridgehead atoms. The summed E-state index contributed by atoms with van der Waals surface area (Å²) in [5, 5.41) is 3.38. The Kier molecular flexibility index (Phi) is 4.37. The van der Waals surface area contributed by atoms with Crippen molar-refractivity contribution in [1.82, 2.24) is 9.97 Å². The molecule has 0 saturated carbocycles. The number of amides is 1. The van der Waals surface area contributed by atoms with Gasteiger partial charge in [0, 0.05) is 17.4 Å². The summed E-state index contributed by atoms with van der Waals surface area (Å²) in [6.07, 6.45) is 1.72. The van der Waals surface area contributed by atoms with Crippen molar-refractivity contribution in [2.24, 2.45) is 0 Å². The van der Waals surface area contributed by atoms with Gasteiger partial charge >= 0.3 is 0 Å². The molecule has 0 aliphatic carbocycles. The number of rotatable bonds is 3. The maximum absolute atomic E-state index is 13.8. The average molecular weight is 381 g/mol. The first-order chi connectivity index (χ1) is 13.0. The number of carbonyl (C=O) groups excluding carboxylic acids is 1. The van der Waals surface area contributed by atoms with Crippen LogP contribution >= 0.6 is 11.3 Å². The third kappa shape index (κ3) is 3.29. The Labute approximate surface area is 157 Å². The molecule has 1 N–H and O–H groups in total. The smallest absolute Gasteiger partial charge is 0.261 e. The van der Waals surface area contributed by atoms with E-state index in [1.807, 2.05) is 25.1 Å². The number of benzene rings is 2. The first-order valence-corrected chi connectivity index (χ1v) is 8.92. The summed E-state index contributed by atoms with van der Waals surface area (Å²) in [6, 6.07) is 12.4. The second-order valence-electron chi connectivity index (χ2n) is 5.93. The van der Waals surface area contributed by atoms with E-state index in [0.717, 1.165) is 38.6 Å². The SMILES string of the molecule is Cc1cc(-c2nc3cccnc3s2)ccc1NC(=O)c1c(F)cccc1F. The van der Waals surface area contributed by atoms with E-state index in [0.29, 0.717) is 5.69 Å². The predicted octanol–water partition coefficient (Wildman–Crippen LogP) is 5.20. The number of nitrogens with zero attached hydrogens (tertiary/aromatic N) is 2. The van der Waals surface area contributed by atoms with Crippen molar-refractivity contribution in [1.29, 1.82) is 0 Å². The van der Waals surface area contributed by atoms with Crippen LogP contribution in [0.3, 0.4) is 0 Å². The number of anilines is 1. The second kappa shape index (κ2) is 6.85. The Bertz CT molecular complexity index is 1120. The molecule has 0 spiro atoms. The van der Waals surface area contributed by atoms with Gasteiger partial charge in [-0.25, -0.2) is 18.7 Å². The molecule has 2 aromatic carbocycles. The molecule has 0 aliphatic rings. The minimum atomic E-state index is -0.899. The van der Waals surface area contributed by atoms with E-state index in [4.69, 9.17) is 0 Å². The lowest BCUT2D eigenvalue weighted by Gasteiger charge is -2.10. The highest BCUT2D eigenvalue weighted by molar-refractivity contribution is 7.21. The van der Waals surface area contributed by atoms with Gasteiger partial charge < -0.3 is 5.32 Å². The zero-order chi connectivity index (χ0) is 19.0. The highest BCUT2D eigenvalue weighted by Crippen LogP contribution is 2.31. The first kappa shape index (κ1) is 17.2. The van der Waals surface area contributed by atoms with Gasteiger partial charge in [0.2, 0.25) is 0 Å². The molecule has 27 heavy (non-hydrogen) atoms. The van der Waals surface area contributed by atoms with Crippen molar-refractivity contribution < 1.29 is 13.6 Å². The van der Waals surface area contributed by atoms with Crippen LogP contribution in [0.4, 0.5) is 14.5 Å². The summed E-state index contributed by atoms with van der Waals surface area (Å²) >= 11 is 1.47. The molecule has 2 aromatic heterocycles. The number of pyridine rings is 1. The average Bonchev–Trinajstić information content (AvgIpc) is 3.07. The quantitative estimate of drug-likeness (QED) is 0.531. The van der Waals surface area contributed by atoms with Gasteiger partial charge in [-0.2, -0.15) is 0 Å². The van der Waals surface area contributed by atoms with Gasteiger partial charge in [-0.1, -0.05) is 17.4 Å². The van der Waals surface area contributed by atoms with Gasteiger partial charge in [0.1, 0.15) is 32.6 Å². The molecule has 0 unspecified atom stereocenters. The van der Waals surface area contributed by atoms with Gasteiger partial charge in [0.15, 0.2) is 0 Å². The molecule has 0 fully saturated rings. The number of aromatic nitrogens is 2. The maximum atomic E-state index is 13.8. The van der Waals surface area contributed by atoms with Crippen LogP contribution in [-0.4, -0.2) is 15.9 Å². The van der Waals surface area contributed by atoms with Gasteiger partial charge in [0.25, 0.3) is 5.91 Å². The minimum absolute atomic E-state index is 0.477. The number of carbonyl (C=O) groups is 1. The lowest BCUT2D eigenvalue weighted by atomic mass is 10.1. The Hall–Kier alpha value is -3.19. The van der Waals surface area contributed by atoms with Gasteiger partial charge in [-0.15, -0.1) is 0 Å². The second-order valence-corrected chi connectivity index (χ2v) is 6.90. The van der Waals surface area contributed by atoms with Crippen LogP contribution in [0.5, 0.6) is 0 Å². The predicted molar refractivity (Wildman–Crippen MR) is 102 cm³/mol. The summed E-state index contributed by atoms with van der Waals surface area (Å²) in [4.78, 5) is 22.0. The number of thiazole rings is 1. The fraction of sp³-hybridized carbons (Fsp3) is 0.0500. The van der Waals surface area contributed by atoms with E-state index in [1.54, 1.807) is 18.3 Å². The van der Waals surface area contributed by atoms with E-state index in [-0.39, 0.29) is 0 Å². The summed E-state index contributed by atoms with van der Waals surface area (Å²) in [5.74, 6) is -2.63. The Morgan fingerprint density at radius 3 is 2.56 bits per heavy atom. The number of halogens is 2. The Balaban J connectivity index is 1.63. The Morgan fingerprint density at radius 1 is 1.07 bits per heavy atom. The van der Waals surface area contributed by atoms with Crippen molar-refractivity contribution in [3.8, 4) is 10.6 Å². The number of aryl methyl sites for hydroxylation is 1. The normalized spacial score (nSPS) is 10.9. The van der Waals surface area contributed by atoms with E-state index in [2.05, 4.69) is 15.3 Å². The molecule has 2 heterocycles. The molecule has 4 nitrogen and oxygen atoms in total. The van der Waals surface area contributed by atoms with Crippen LogP contribution < -0.4 is 5.32 Å². The molecule has 134 valence electrons. The summed E-state index contributed by atoms with van der Waals surface area (Å²) in [6.45, 7) is 1.81. The van der Waals surface area contributed by atoms with Gasteiger partial charge in [-0.05, 0) is 55.0 Å². The van der Waals surface area contributed by atoms with Crippen molar-refractivity contribution >= 4 is 33.3 Å². The molecule has 0 atom stereocenters. The van der Waals surface area contributed by atoms with E-state index < -0.39 is 23.1 Å². The molecule has 0 radical (unpaired) electrons. The molecule has 0 saturated heterocycles. The van der Waals surface area contributed by atoms with Crippen LogP contribution in [0, 0.1) is 18.6 Å².